The second-order valence-electron chi connectivity index (χ2n) is 4.69. The summed E-state index contributed by atoms with van der Waals surface area (Å²) in [6, 6.07) is 10.2. The van der Waals surface area contributed by atoms with Gasteiger partial charge in [-0.2, -0.15) is 4.98 Å². The van der Waals surface area contributed by atoms with Gasteiger partial charge >= 0.3 is 5.69 Å². The zero-order valence-corrected chi connectivity index (χ0v) is 13.3. The molecule has 106 valence electrons. The third kappa shape index (κ3) is 3.55. The van der Waals surface area contributed by atoms with E-state index in [0.29, 0.717) is 6.54 Å². The lowest BCUT2D eigenvalue weighted by atomic mass is 10.2. The van der Waals surface area contributed by atoms with E-state index in [9.17, 15) is 4.79 Å². The van der Waals surface area contributed by atoms with Gasteiger partial charge in [-0.1, -0.05) is 30.3 Å². The monoisotopic (exact) mass is 335 g/mol. The maximum atomic E-state index is 11.9. The van der Waals surface area contributed by atoms with Crippen LogP contribution in [0.15, 0.2) is 39.6 Å². The molecule has 0 fully saturated rings. The van der Waals surface area contributed by atoms with E-state index in [-0.39, 0.29) is 5.69 Å². The molecule has 5 heteroatoms. The number of halogens is 1. The van der Waals surface area contributed by atoms with Crippen LogP contribution in [0.3, 0.4) is 0 Å². The van der Waals surface area contributed by atoms with Gasteiger partial charge in [-0.05, 0) is 35.3 Å². The number of hydrogen-bond donors (Lipinski definition) is 1. The van der Waals surface area contributed by atoms with Crippen molar-refractivity contribution < 1.29 is 0 Å². The van der Waals surface area contributed by atoms with Crippen LogP contribution in [0, 0.1) is 13.8 Å². The molecule has 0 spiro atoms. The normalized spacial score (nSPS) is 10.8. The molecule has 1 N–H and O–H groups in total. The van der Waals surface area contributed by atoms with Crippen LogP contribution in [-0.4, -0.2) is 16.1 Å². The van der Waals surface area contributed by atoms with E-state index in [1.807, 2.05) is 32.0 Å². The van der Waals surface area contributed by atoms with Crippen LogP contribution in [0.2, 0.25) is 0 Å². The van der Waals surface area contributed by atoms with Crippen LogP contribution < -0.4 is 11.0 Å². The maximum Gasteiger partial charge on any atom is 0.348 e. The highest BCUT2D eigenvalue weighted by Gasteiger charge is 2.08. The Hall–Kier alpha value is -1.46. The highest BCUT2D eigenvalue weighted by molar-refractivity contribution is 9.10. The Morgan fingerprint density at radius 2 is 1.95 bits per heavy atom. The molecule has 1 heterocycles. The first kappa shape index (κ1) is 14.9. The van der Waals surface area contributed by atoms with E-state index in [1.165, 1.54) is 5.56 Å². The minimum Gasteiger partial charge on any atom is -0.311 e. The Bertz CT molecular complexity index is 638. The van der Waals surface area contributed by atoms with Crippen LogP contribution in [0.25, 0.3) is 0 Å². The van der Waals surface area contributed by atoms with Gasteiger partial charge in [0.05, 0.1) is 10.2 Å². The van der Waals surface area contributed by atoms with Crippen LogP contribution in [0.5, 0.6) is 0 Å². The molecule has 0 aliphatic carbocycles. The van der Waals surface area contributed by atoms with E-state index < -0.39 is 0 Å². The summed E-state index contributed by atoms with van der Waals surface area (Å²) in [4.78, 5) is 15.9. The summed E-state index contributed by atoms with van der Waals surface area (Å²) in [5.74, 6) is 0. The summed E-state index contributed by atoms with van der Waals surface area (Å²) >= 11 is 3.47. The Kier molecular flexibility index (Phi) is 5.09. The number of nitrogens with zero attached hydrogens (tertiary/aromatic N) is 2. The quantitative estimate of drug-likeness (QED) is 0.853. The first-order valence-electron chi connectivity index (χ1n) is 6.58. The third-order valence-corrected chi connectivity index (χ3v) is 4.37. The fourth-order valence-electron chi connectivity index (χ4n) is 2.06. The fourth-order valence-corrected chi connectivity index (χ4v) is 2.36. The average molecular weight is 336 g/mol. The van der Waals surface area contributed by atoms with E-state index in [1.54, 1.807) is 4.57 Å². The zero-order chi connectivity index (χ0) is 14.5. The number of rotatable bonds is 5. The van der Waals surface area contributed by atoms with Gasteiger partial charge in [-0.15, -0.1) is 0 Å². The summed E-state index contributed by atoms with van der Waals surface area (Å²) in [6.07, 6.45) is 0. The Balaban J connectivity index is 1.95. The lowest BCUT2D eigenvalue weighted by Crippen LogP contribution is -2.31. The Morgan fingerprint density at radius 1 is 1.25 bits per heavy atom. The summed E-state index contributed by atoms with van der Waals surface area (Å²) in [5.41, 5.74) is 2.70. The number of aryl methyl sites for hydroxylation is 1. The molecule has 1 aromatic carbocycles. The highest BCUT2D eigenvalue weighted by atomic mass is 79.9. The summed E-state index contributed by atoms with van der Waals surface area (Å²) < 4.78 is 2.59. The fraction of sp³-hybridized carbons (Fsp3) is 0.333. The molecular formula is C15H18BrN3O. The highest BCUT2D eigenvalue weighted by Crippen LogP contribution is 2.16. The van der Waals surface area contributed by atoms with Gasteiger partial charge in [0, 0.05) is 25.3 Å². The van der Waals surface area contributed by atoms with Crippen LogP contribution in [-0.2, 0) is 13.1 Å². The SMILES string of the molecule is Cc1nc(=O)n(CCNCc2ccccc2)c(C)c1Br. The minimum atomic E-state index is -0.190. The molecule has 20 heavy (non-hydrogen) atoms. The number of benzene rings is 1. The molecule has 0 saturated heterocycles. The molecule has 0 unspecified atom stereocenters. The van der Waals surface area contributed by atoms with Gasteiger partial charge in [0.25, 0.3) is 0 Å². The molecule has 4 nitrogen and oxygen atoms in total. The van der Waals surface area contributed by atoms with Crippen molar-refractivity contribution in [3.63, 3.8) is 0 Å². The average Bonchev–Trinajstić information content (AvgIpc) is 2.45. The van der Waals surface area contributed by atoms with Crippen LogP contribution >= 0.6 is 15.9 Å². The molecule has 0 saturated carbocycles. The number of nitrogens with one attached hydrogen (secondary N) is 1. The second kappa shape index (κ2) is 6.81. The van der Waals surface area contributed by atoms with Gasteiger partial charge in [0.15, 0.2) is 0 Å². The van der Waals surface area contributed by atoms with Crippen molar-refractivity contribution in [3.8, 4) is 0 Å². The summed E-state index contributed by atoms with van der Waals surface area (Å²) in [6.45, 7) is 5.90. The van der Waals surface area contributed by atoms with E-state index >= 15 is 0 Å². The Morgan fingerprint density at radius 3 is 2.65 bits per heavy atom. The molecule has 1 aromatic heterocycles. The van der Waals surface area contributed by atoms with Gasteiger partial charge < -0.3 is 5.32 Å². The molecule has 0 radical (unpaired) electrons. The van der Waals surface area contributed by atoms with Crippen LogP contribution in [0.4, 0.5) is 0 Å². The van der Waals surface area contributed by atoms with Crippen molar-refractivity contribution in [1.29, 1.82) is 0 Å². The zero-order valence-electron chi connectivity index (χ0n) is 11.7. The van der Waals surface area contributed by atoms with E-state index in [4.69, 9.17) is 0 Å². The van der Waals surface area contributed by atoms with Crippen molar-refractivity contribution in [2.24, 2.45) is 0 Å². The lowest BCUT2D eigenvalue weighted by Gasteiger charge is -2.12. The smallest absolute Gasteiger partial charge is 0.311 e. The molecule has 0 aliphatic heterocycles. The predicted octanol–water partition coefficient (Wildman–Crippen LogP) is 2.41. The van der Waals surface area contributed by atoms with Gasteiger partial charge in [0.1, 0.15) is 0 Å². The molecule has 0 aliphatic rings. The maximum absolute atomic E-state index is 11.9. The lowest BCUT2D eigenvalue weighted by molar-refractivity contribution is 0.561. The third-order valence-electron chi connectivity index (χ3n) is 3.22. The summed E-state index contributed by atoms with van der Waals surface area (Å²) in [7, 11) is 0. The molecular weight excluding hydrogens is 318 g/mol. The molecule has 2 rings (SSSR count). The molecule has 0 atom stereocenters. The first-order chi connectivity index (χ1) is 9.59. The Labute approximate surface area is 127 Å². The number of hydrogen-bond acceptors (Lipinski definition) is 3. The van der Waals surface area contributed by atoms with E-state index in [0.717, 1.165) is 29.0 Å². The van der Waals surface area contributed by atoms with Crippen molar-refractivity contribution in [2.45, 2.75) is 26.9 Å². The standard InChI is InChI=1S/C15H18BrN3O/c1-11-14(16)12(2)19(15(20)18-11)9-8-17-10-13-6-4-3-5-7-13/h3-7,17H,8-10H2,1-2H3. The van der Waals surface area contributed by atoms with Gasteiger partial charge in [0.2, 0.25) is 0 Å². The first-order valence-corrected chi connectivity index (χ1v) is 7.37. The van der Waals surface area contributed by atoms with Gasteiger partial charge in [-0.25, -0.2) is 4.79 Å². The van der Waals surface area contributed by atoms with Crippen LogP contribution in [0.1, 0.15) is 17.0 Å². The van der Waals surface area contributed by atoms with Crippen molar-refractivity contribution in [2.75, 3.05) is 6.54 Å². The minimum absolute atomic E-state index is 0.190. The summed E-state index contributed by atoms with van der Waals surface area (Å²) in [5, 5.41) is 3.34. The second-order valence-corrected chi connectivity index (χ2v) is 5.49. The van der Waals surface area contributed by atoms with Crippen molar-refractivity contribution in [1.82, 2.24) is 14.9 Å². The molecule has 0 bridgehead atoms. The van der Waals surface area contributed by atoms with E-state index in [2.05, 4.69) is 38.4 Å². The molecule has 0 amide bonds. The number of aromatic nitrogens is 2. The largest absolute Gasteiger partial charge is 0.348 e. The topological polar surface area (TPSA) is 46.9 Å². The van der Waals surface area contributed by atoms with Crippen molar-refractivity contribution >= 4 is 15.9 Å². The van der Waals surface area contributed by atoms with Crippen molar-refractivity contribution in [3.05, 3.63) is 62.2 Å². The molecule has 2 aromatic rings. The van der Waals surface area contributed by atoms with Gasteiger partial charge in [-0.3, -0.25) is 4.57 Å². The predicted molar refractivity (Wildman–Crippen MR) is 83.8 cm³/mol.